The van der Waals surface area contributed by atoms with Crippen LogP contribution in [0.1, 0.15) is 5.56 Å². The molecule has 1 N–H and O–H groups in total. The van der Waals surface area contributed by atoms with Gasteiger partial charge in [-0.2, -0.15) is 0 Å². The van der Waals surface area contributed by atoms with E-state index in [1.54, 1.807) is 25.6 Å². The lowest BCUT2D eigenvalue weighted by Gasteiger charge is -2.04. The standard InChI is InChI=1S/C19H20N2O2S/c1-22-16-7-3-14(4-8-16)11-12-20-19-21-18(13-24-19)15-5-9-17(23-2)10-6-15/h3-10,13H,11-12H2,1-2H3,(H,20,21). The Hall–Kier alpha value is -2.53. The van der Waals surface area contributed by atoms with Gasteiger partial charge in [0.15, 0.2) is 5.13 Å². The number of nitrogens with zero attached hydrogens (tertiary/aromatic N) is 1. The Morgan fingerprint density at radius 2 is 1.54 bits per heavy atom. The van der Waals surface area contributed by atoms with E-state index in [0.29, 0.717) is 0 Å². The van der Waals surface area contributed by atoms with Crippen LogP contribution in [0.4, 0.5) is 5.13 Å². The van der Waals surface area contributed by atoms with Crippen molar-refractivity contribution in [2.75, 3.05) is 26.1 Å². The number of methoxy groups -OCH3 is 2. The lowest BCUT2D eigenvalue weighted by atomic mass is 10.1. The van der Waals surface area contributed by atoms with Crippen LogP contribution in [0.2, 0.25) is 0 Å². The van der Waals surface area contributed by atoms with Crippen molar-refractivity contribution in [3.05, 3.63) is 59.5 Å². The first-order valence-electron chi connectivity index (χ1n) is 7.75. The molecule has 0 atom stereocenters. The molecule has 0 unspecified atom stereocenters. The van der Waals surface area contributed by atoms with Gasteiger partial charge in [0.1, 0.15) is 11.5 Å². The van der Waals surface area contributed by atoms with Crippen LogP contribution in [0.25, 0.3) is 11.3 Å². The molecule has 3 rings (SSSR count). The van der Waals surface area contributed by atoms with Crippen molar-refractivity contribution in [2.45, 2.75) is 6.42 Å². The Kier molecular flexibility index (Phi) is 5.33. The van der Waals surface area contributed by atoms with Crippen LogP contribution >= 0.6 is 11.3 Å². The van der Waals surface area contributed by atoms with Crippen molar-refractivity contribution in [3.63, 3.8) is 0 Å². The van der Waals surface area contributed by atoms with Gasteiger partial charge in [-0.15, -0.1) is 11.3 Å². The van der Waals surface area contributed by atoms with E-state index in [1.165, 1.54) is 5.56 Å². The molecule has 0 bridgehead atoms. The average Bonchev–Trinajstić information content (AvgIpc) is 3.11. The van der Waals surface area contributed by atoms with E-state index in [1.807, 2.05) is 36.4 Å². The minimum absolute atomic E-state index is 0.849. The van der Waals surface area contributed by atoms with Crippen molar-refractivity contribution >= 4 is 16.5 Å². The van der Waals surface area contributed by atoms with Gasteiger partial charge in [0.05, 0.1) is 19.9 Å². The summed E-state index contributed by atoms with van der Waals surface area (Å²) in [7, 11) is 3.35. The highest BCUT2D eigenvalue weighted by atomic mass is 32.1. The van der Waals surface area contributed by atoms with Crippen molar-refractivity contribution in [1.29, 1.82) is 0 Å². The molecule has 0 fully saturated rings. The molecular weight excluding hydrogens is 320 g/mol. The summed E-state index contributed by atoms with van der Waals surface area (Å²) in [6, 6.07) is 16.1. The van der Waals surface area contributed by atoms with Gasteiger partial charge in [-0.1, -0.05) is 12.1 Å². The molecule has 2 aromatic carbocycles. The third-order valence-corrected chi connectivity index (χ3v) is 4.54. The number of aromatic nitrogens is 1. The molecule has 1 aromatic heterocycles. The molecule has 5 heteroatoms. The zero-order chi connectivity index (χ0) is 16.8. The Morgan fingerprint density at radius 1 is 0.917 bits per heavy atom. The van der Waals surface area contributed by atoms with Gasteiger partial charge < -0.3 is 14.8 Å². The molecule has 124 valence electrons. The van der Waals surface area contributed by atoms with Gasteiger partial charge in [-0.25, -0.2) is 4.98 Å². The maximum atomic E-state index is 5.18. The average molecular weight is 340 g/mol. The quantitative estimate of drug-likeness (QED) is 0.688. The van der Waals surface area contributed by atoms with Gasteiger partial charge in [0, 0.05) is 17.5 Å². The van der Waals surface area contributed by atoms with Crippen LogP contribution in [0.3, 0.4) is 0 Å². The Balaban J connectivity index is 1.55. The van der Waals surface area contributed by atoms with Crippen molar-refractivity contribution in [3.8, 4) is 22.8 Å². The third kappa shape index (κ3) is 4.06. The van der Waals surface area contributed by atoms with E-state index in [9.17, 15) is 0 Å². The summed E-state index contributed by atoms with van der Waals surface area (Å²) < 4.78 is 10.4. The molecule has 0 spiro atoms. The van der Waals surface area contributed by atoms with Crippen LogP contribution < -0.4 is 14.8 Å². The van der Waals surface area contributed by atoms with Crippen LogP contribution in [0, 0.1) is 0 Å². The second kappa shape index (κ2) is 7.84. The Labute approximate surface area is 146 Å². The summed E-state index contributed by atoms with van der Waals surface area (Å²) in [6.45, 7) is 0.849. The molecule has 0 aliphatic carbocycles. The van der Waals surface area contributed by atoms with E-state index in [4.69, 9.17) is 9.47 Å². The fourth-order valence-electron chi connectivity index (χ4n) is 2.36. The molecule has 0 amide bonds. The summed E-state index contributed by atoms with van der Waals surface area (Å²) in [5, 5.41) is 6.39. The molecule has 3 aromatic rings. The number of rotatable bonds is 7. The number of hydrogen-bond acceptors (Lipinski definition) is 5. The zero-order valence-corrected chi connectivity index (χ0v) is 14.6. The smallest absolute Gasteiger partial charge is 0.183 e. The van der Waals surface area contributed by atoms with Crippen molar-refractivity contribution < 1.29 is 9.47 Å². The second-order valence-corrected chi connectivity index (χ2v) is 6.15. The van der Waals surface area contributed by atoms with E-state index < -0.39 is 0 Å². The summed E-state index contributed by atoms with van der Waals surface area (Å²) in [6.07, 6.45) is 0.946. The van der Waals surface area contributed by atoms with E-state index in [-0.39, 0.29) is 0 Å². The minimum Gasteiger partial charge on any atom is -0.497 e. The molecular formula is C19H20N2O2S. The predicted molar refractivity (Wildman–Crippen MR) is 99.3 cm³/mol. The van der Waals surface area contributed by atoms with E-state index >= 15 is 0 Å². The fraction of sp³-hybridized carbons (Fsp3) is 0.211. The van der Waals surface area contributed by atoms with E-state index in [0.717, 1.165) is 40.9 Å². The second-order valence-electron chi connectivity index (χ2n) is 5.29. The number of hydrogen-bond donors (Lipinski definition) is 1. The van der Waals surface area contributed by atoms with Crippen LogP contribution in [0.5, 0.6) is 11.5 Å². The predicted octanol–water partition coefficient (Wildman–Crippen LogP) is 4.48. The number of ether oxygens (including phenoxy) is 2. The highest BCUT2D eigenvalue weighted by molar-refractivity contribution is 7.14. The topological polar surface area (TPSA) is 43.4 Å². The number of thiazole rings is 1. The molecule has 1 heterocycles. The summed E-state index contributed by atoms with van der Waals surface area (Å²) in [5.74, 6) is 1.74. The summed E-state index contributed by atoms with van der Waals surface area (Å²) in [4.78, 5) is 4.64. The first kappa shape index (κ1) is 16.3. The SMILES string of the molecule is COc1ccc(CCNc2nc(-c3ccc(OC)cc3)cs2)cc1. The molecule has 0 radical (unpaired) electrons. The highest BCUT2D eigenvalue weighted by Gasteiger charge is 2.05. The molecule has 0 saturated carbocycles. The van der Waals surface area contributed by atoms with Crippen LogP contribution in [-0.4, -0.2) is 25.7 Å². The first-order chi connectivity index (χ1) is 11.8. The third-order valence-electron chi connectivity index (χ3n) is 3.74. The van der Waals surface area contributed by atoms with Crippen LogP contribution in [0.15, 0.2) is 53.9 Å². The van der Waals surface area contributed by atoms with Crippen LogP contribution in [-0.2, 0) is 6.42 Å². The number of anilines is 1. The molecule has 24 heavy (non-hydrogen) atoms. The van der Waals surface area contributed by atoms with E-state index in [2.05, 4.69) is 27.8 Å². The molecule has 0 aliphatic rings. The van der Waals surface area contributed by atoms with Gasteiger partial charge in [-0.05, 0) is 48.4 Å². The van der Waals surface area contributed by atoms with Crippen molar-refractivity contribution in [1.82, 2.24) is 4.98 Å². The minimum atomic E-state index is 0.849. The summed E-state index contributed by atoms with van der Waals surface area (Å²) >= 11 is 1.62. The number of nitrogens with one attached hydrogen (secondary N) is 1. The molecule has 0 saturated heterocycles. The van der Waals surface area contributed by atoms with Gasteiger partial charge in [-0.3, -0.25) is 0 Å². The lowest BCUT2D eigenvalue weighted by molar-refractivity contribution is 0.414. The lowest BCUT2D eigenvalue weighted by Crippen LogP contribution is -2.04. The first-order valence-corrected chi connectivity index (χ1v) is 8.63. The van der Waals surface area contributed by atoms with Crippen molar-refractivity contribution in [2.24, 2.45) is 0 Å². The summed E-state index contributed by atoms with van der Waals surface area (Å²) in [5.41, 5.74) is 3.35. The monoisotopic (exact) mass is 340 g/mol. The maximum Gasteiger partial charge on any atom is 0.183 e. The Morgan fingerprint density at radius 3 is 2.17 bits per heavy atom. The zero-order valence-electron chi connectivity index (χ0n) is 13.8. The van der Waals surface area contributed by atoms with Gasteiger partial charge in [0.2, 0.25) is 0 Å². The van der Waals surface area contributed by atoms with Gasteiger partial charge in [0.25, 0.3) is 0 Å². The highest BCUT2D eigenvalue weighted by Crippen LogP contribution is 2.26. The molecule has 0 aliphatic heterocycles. The molecule has 4 nitrogen and oxygen atoms in total. The largest absolute Gasteiger partial charge is 0.497 e. The maximum absolute atomic E-state index is 5.18. The fourth-order valence-corrected chi connectivity index (χ4v) is 3.10. The normalized spacial score (nSPS) is 10.4. The van der Waals surface area contributed by atoms with Gasteiger partial charge >= 0.3 is 0 Å². The number of benzene rings is 2. The Bertz CT molecular complexity index is 767.